The summed E-state index contributed by atoms with van der Waals surface area (Å²) in [5.41, 5.74) is 0. The summed E-state index contributed by atoms with van der Waals surface area (Å²) in [7, 11) is 0. The molecule has 1 fully saturated rings. The van der Waals surface area contributed by atoms with Gasteiger partial charge in [0.25, 0.3) is 5.89 Å². The molecule has 4 nitrogen and oxygen atoms in total. The molecule has 1 N–H and O–H groups in total. The van der Waals surface area contributed by atoms with Gasteiger partial charge in [0.05, 0.1) is 0 Å². The molecule has 0 aromatic carbocycles. The molecule has 0 amide bonds. The third kappa shape index (κ3) is 1.69. The summed E-state index contributed by atoms with van der Waals surface area (Å²) in [6.45, 7) is 2.09. The highest BCUT2D eigenvalue weighted by Gasteiger charge is 2.28. The van der Waals surface area contributed by atoms with Crippen LogP contribution in [0.3, 0.4) is 0 Å². The minimum Gasteiger partial charge on any atom is -0.402 e. The number of nitrogens with zero attached hydrogens (tertiary/aromatic N) is 2. The Morgan fingerprint density at radius 3 is 2.64 bits per heavy atom. The maximum atomic E-state index is 12.1. The van der Waals surface area contributed by atoms with Crippen LogP contribution in [0.1, 0.15) is 32.1 Å². The minimum absolute atomic E-state index is 0.0943. The van der Waals surface area contributed by atoms with Crippen LogP contribution in [0.5, 0.6) is 0 Å². The van der Waals surface area contributed by atoms with Gasteiger partial charge in [0, 0.05) is 6.04 Å². The molecule has 1 aromatic rings. The zero-order valence-electron chi connectivity index (χ0n) is 7.70. The van der Waals surface area contributed by atoms with Crippen molar-refractivity contribution in [1.82, 2.24) is 10.2 Å². The quantitative estimate of drug-likeness (QED) is 0.818. The van der Waals surface area contributed by atoms with E-state index in [1.54, 1.807) is 0 Å². The highest BCUT2D eigenvalue weighted by atomic mass is 19.3. The monoisotopic (exact) mass is 203 g/mol. The molecule has 0 aliphatic heterocycles. The first-order chi connectivity index (χ1) is 6.66. The summed E-state index contributed by atoms with van der Waals surface area (Å²) in [5, 5.41) is 9.64. The fourth-order valence-electron chi connectivity index (χ4n) is 1.42. The van der Waals surface area contributed by atoms with Crippen LogP contribution in [-0.2, 0) is 0 Å². The Bertz CT molecular complexity index is 315. The molecule has 2 unspecified atom stereocenters. The van der Waals surface area contributed by atoms with Crippen molar-refractivity contribution in [3.05, 3.63) is 5.89 Å². The van der Waals surface area contributed by atoms with Gasteiger partial charge < -0.3 is 9.73 Å². The molecule has 2 rings (SSSR count). The van der Waals surface area contributed by atoms with E-state index in [4.69, 9.17) is 4.42 Å². The van der Waals surface area contributed by atoms with E-state index in [2.05, 4.69) is 22.4 Å². The van der Waals surface area contributed by atoms with Crippen molar-refractivity contribution in [3.63, 3.8) is 0 Å². The number of nitrogens with one attached hydrogen (secondary N) is 1. The lowest BCUT2D eigenvalue weighted by Gasteiger charge is -2.33. The summed E-state index contributed by atoms with van der Waals surface area (Å²) in [4.78, 5) is 0. The smallest absolute Gasteiger partial charge is 0.315 e. The Hall–Kier alpha value is -1.20. The summed E-state index contributed by atoms with van der Waals surface area (Å²) in [5.74, 6) is -0.0867. The normalized spacial score (nSPS) is 26.3. The molecular weight excluding hydrogens is 192 g/mol. The molecule has 1 heterocycles. The molecule has 78 valence electrons. The van der Waals surface area contributed by atoms with Crippen LogP contribution in [-0.4, -0.2) is 16.2 Å². The van der Waals surface area contributed by atoms with Crippen molar-refractivity contribution in [3.8, 4) is 0 Å². The summed E-state index contributed by atoms with van der Waals surface area (Å²) >= 11 is 0. The molecule has 6 heteroatoms. The van der Waals surface area contributed by atoms with E-state index in [0.717, 1.165) is 12.8 Å². The Morgan fingerprint density at radius 1 is 1.43 bits per heavy atom. The zero-order valence-corrected chi connectivity index (χ0v) is 7.70. The number of hydrogen-bond acceptors (Lipinski definition) is 4. The van der Waals surface area contributed by atoms with Gasteiger partial charge in [-0.1, -0.05) is 12.0 Å². The molecule has 1 aliphatic rings. The molecule has 0 radical (unpaired) electrons. The first kappa shape index (κ1) is 9.36. The predicted molar refractivity (Wildman–Crippen MR) is 45.1 cm³/mol. The third-order valence-electron chi connectivity index (χ3n) is 2.56. The maximum absolute atomic E-state index is 12.1. The average Bonchev–Trinajstić information content (AvgIpc) is 2.60. The van der Waals surface area contributed by atoms with Crippen LogP contribution >= 0.6 is 0 Å². The van der Waals surface area contributed by atoms with Crippen molar-refractivity contribution < 1.29 is 13.2 Å². The van der Waals surface area contributed by atoms with Crippen molar-refractivity contribution in [1.29, 1.82) is 0 Å². The maximum Gasteiger partial charge on any atom is 0.315 e. The van der Waals surface area contributed by atoms with Crippen LogP contribution in [0.2, 0.25) is 0 Å². The zero-order chi connectivity index (χ0) is 10.1. The van der Waals surface area contributed by atoms with Gasteiger partial charge in [-0.15, -0.1) is 5.10 Å². The molecule has 2 atom stereocenters. The van der Waals surface area contributed by atoms with E-state index in [0.29, 0.717) is 5.92 Å². The number of rotatable bonds is 3. The molecule has 0 spiro atoms. The number of hydrogen-bond donors (Lipinski definition) is 1. The fourth-order valence-corrected chi connectivity index (χ4v) is 1.42. The lowest BCUT2D eigenvalue weighted by atomic mass is 9.81. The molecule has 1 saturated carbocycles. The summed E-state index contributed by atoms with van der Waals surface area (Å²) < 4.78 is 28.8. The van der Waals surface area contributed by atoms with Crippen LogP contribution in [0.15, 0.2) is 4.42 Å². The highest BCUT2D eigenvalue weighted by molar-refractivity contribution is 5.21. The standard InChI is InChI=1S/C8H11F2N3O/c1-4-2-3-5(4)11-8-13-12-7(14-8)6(9)10/h4-6H,2-3H2,1H3,(H,11,13). The van der Waals surface area contributed by atoms with Crippen LogP contribution in [0.4, 0.5) is 14.8 Å². The minimum atomic E-state index is -2.70. The number of anilines is 1. The topological polar surface area (TPSA) is 51.0 Å². The first-order valence-corrected chi connectivity index (χ1v) is 4.55. The van der Waals surface area contributed by atoms with E-state index in [1.165, 1.54) is 0 Å². The number of halogens is 2. The largest absolute Gasteiger partial charge is 0.402 e. The van der Waals surface area contributed by atoms with Crippen molar-refractivity contribution in [2.45, 2.75) is 32.2 Å². The lowest BCUT2D eigenvalue weighted by Crippen LogP contribution is -2.36. The van der Waals surface area contributed by atoms with E-state index < -0.39 is 12.3 Å². The Morgan fingerprint density at radius 2 is 2.21 bits per heavy atom. The van der Waals surface area contributed by atoms with Gasteiger partial charge in [0.15, 0.2) is 0 Å². The highest BCUT2D eigenvalue weighted by Crippen LogP contribution is 2.29. The molecule has 14 heavy (non-hydrogen) atoms. The van der Waals surface area contributed by atoms with Crippen LogP contribution in [0, 0.1) is 5.92 Å². The molecule has 0 bridgehead atoms. The van der Waals surface area contributed by atoms with Crippen LogP contribution in [0.25, 0.3) is 0 Å². The van der Waals surface area contributed by atoms with Crippen LogP contribution < -0.4 is 5.32 Å². The Balaban J connectivity index is 1.96. The molecule has 1 aromatic heterocycles. The Labute approximate surface area is 79.7 Å². The van der Waals surface area contributed by atoms with Crippen molar-refractivity contribution >= 4 is 6.01 Å². The van der Waals surface area contributed by atoms with Crippen molar-refractivity contribution in [2.75, 3.05) is 5.32 Å². The number of aromatic nitrogens is 2. The predicted octanol–water partition coefficient (Wildman–Crippen LogP) is 2.22. The van der Waals surface area contributed by atoms with Gasteiger partial charge in [-0.2, -0.15) is 8.78 Å². The van der Waals surface area contributed by atoms with E-state index in [-0.39, 0.29) is 12.1 Å². The van der Waals surface area contributed by atoms with Gasteiger partial charge in [-0.05, 0) is 18.8 Å². The third-order valence-corrected chi connectivity index (χ3v) is 2.56. The van der Waals surface area contributed by atoms with E-state index >= 15 is 0 Å². The van der Waals surface area contributed by atoms with Crippen molar-refractivity contribution in [2.24, 2.45) is 5.92 Å². The second-order valence-electron chi connectivity index (χ2n) is 3.55. The van der Waals surface area contributed by atoms with Gasteiger partial charge in [0.1, 0.15) is 0 Å². The molecular formula is C8H11F2N3O. The summed E-state index contributed by atoms with van der Waals surface area (Å²) in [6, 6.07) is 0.373. The molecule has 1 aliphatic carbocycles. The first-order valence-electron chi connectivity index (χ1n) is 4.55. The van der Waals surface area contributed by atoms with Gasteiger partial charge in [-0.25, -0.2) is 0 Å². The van der Waals surface area contributed by atoms with E-state index in [9.17, 15) is 8.78 Å². The van der Waals surface area contributed by atoms with E-state index in [1.807, 2.05) is 0 Å². The lowest BCUT2D eigenvalue weighted by molar-refractivity contribution is 0.115. The number of alkyl halides is 2. The second-order valence-corrected chi connectivity index (χ2v) is 3.55. The van der Waals surface area contributed by atoms with Gasteiger partial charge >= 0.3 is 12.4 Å². The SMILES string of the molecule is CC1CCC1Nc1nnc(C(F)F)o1. The second kappa shape index (κ2) is 3.51. The van der Waals surface area contributed by atoms with Gasteiger partial charge in [-0.3, -0.25) is 0 Å². The summed E-state index contributed by atoms with van der Waals surface area (Å²) in [6.07, 6.45) is -0.530. The average molecular weight is 203 g/mol. The van der Waals surface area contributed by atoms with Gasteiger partial charge in [0.2, 0.25) is 0 Å². The molecule has 0 saturated heterocycles. The Kier molecular flexibility index (Phi) is 2.35. The fraction of sp³-hybridized carbons (Fsp3) is 0.750.